The van der Waals surface area contributed by atoms with Crippen molar-refractivity contribution in [2.75, 3.05) is 6.54 Å². The number of hydrogen-bond donors (Lipinski definition) is 2. The minimum Gasteiger partial charge on any atom is -0.354 e. The second-order valence-corrected chi connectivity index (χ2v) is 7.93. The molecule has 2 amide bonds. The van der Waals surface area contributed by atoms with Crippen molar-refractivity contribution in [2.24, 2.45) is 11.8 Å². The van der Waals surface area contributed by atoms with Crippen molar-refractivity contribution in [3.05, 3.63) is 35.6 Å². The van der Waals surface area contributed by atoms with E-state index in [1.807, 2.05) is 0 Å². The number of benzene rings is 1. The molecule has 4 nitrogen and oxygen atoms in total. The molecule has 0 aliphatic heterocycles. The average molecular weight is 344 g/mol. The van der Waals surface area contributed by atoms with Gasteiger partial charge in [-0.2, -0.15) is 0 Å². The van der Waals surface area contributed by atoms with E-state index in [2.05, 4.69) is 10.6 Å². The van der Waals surface area contributed by atoms with Crippen LogP contribution in [-0.2, 0) is 9.59 Å². The van der Waals surface area contributed by atoms with Crippen molar-refractivity contribution in [1.29, 1.82) is 0 Å². The van der Waals surface area contributed by atoms with Crippen molar-refractivity contribution in [3.63, 3.8) is 0 Å². The molecule has 3 aliphatic carbocycles. The first-order valence-electron chi connectivity index (χ1n) is 9.43. The first kappa shape index (κ1) is 16.6. The van der Waals surface area contributed by atoms with Gasteiger partial charge < -0.3 is 10.6 Å². The smallest absolute Gasteiger partial charge is 0.245 e. The van der Waals surface area contributed by atoms with Gasteiger partial charge in [0.2, 0.25) is 11.8 Å². The molecule has 3 fully saturated rings. The third-order valence-electron chi connectivity index (χ3n) is 5.93. The number of halogens is 1. The quantitative estimate of drug-likeness (QED) is 0.834. The normalized spacial score (nSPS) is 26.9. The molecule has 1 aromatic carbocycles. The lowest BCUT2D eigenvalue weighted by molar-refractivity contribution is -0.134. The fraction of sp³-hybridized carbons (Fsp3) is 0.600. The summed E-state index contributed by atoms with van der Waals surface area (Å²) in [7, 11) is 0. The van der Waals surface area contributed by atoms with E-state index in [1.165, 1.54) is 25.0 Å². The van der Waals surface area contributed by atoms with E-state index in [0.29, 0.717) is 5.92 Å². The molecule has 0 aromatic heterocycles. The zero-order valence-electron chi connectivity index (χ0n) is 14.4. The highest BCUT2D eigenvalue weighted by molar-refractivity contribution is 5.93. The Morgan fingerprint density at radius 1 is 1.12 bits per heavy atom. The van der Waals surface area contributed by atoms with Gasteiger partial charge in [0.25, 0.3) is 0 Å². The summed E-state index contributed by atoms with van der Waals surface area (Å²) in [6.45, 7) is 0.734. The average Bonchev–Trinajstić information content (AvgIpc) is 3.52. The molecular weight excluding hydrogens is 319 g/mol. The molecule has 2 unspecified atom stereocenters. The van der Waals surface area contributed by atoms with E-state index >= 15 is 0 Å². The molecule has 2 N–H and O–H groups in total. The zero-order valence-corrected chi connectivity index (χ0v) is 14.4. The van der Waals surface area contributed by atoms with Crippen LogP contribution in [0.25, 0.3) is 0 Å². The van der Waals surface area contributed by atoms with Crippen LogP contribution >= 0.6 is 0 Å². The molecule has 25 heavy (non-hydrogen) atoms. The Labute approximate surface area is 147 Å². The van der Waals surface area contributed by atoms with E-state index in [9.17, 15) is 14.0 Å². The molecule has 0 saturated heterocycles. The largest absolute Gasteiger partial charge is 0.354 e. The van der Waals surface area contributed by atoms with Crippen LogP contribution in [-0.4, -0.2) is 23.9 Å². The van der Waals surface area contributed by atoms with Gasteiger partial charge in [0, 0.05) is 12.5 Å². The molecule has 2 atom stereocenters. The molecule has 4 rings (SSSR count). The topological polar surface area (TPSA) is 58.2 Å². The highest BCUT2D eigenvalue weighted by Crippen LogP contribution is 2.48. The molecule has 5 heteroatoms. The number of carbonyl (C=O) groups is 2. The lowest BCUT2D eigenvalue weighted by atomic mass is 9.95. The van der Waals surface area contributed by atoms with Gasteiger partial charge >= 0.3 is 0 Å². The van der Waals surface area contributed by atoms with Crippen LogP contribution in [0.4, 0.5) is 4.39 Å². The Morgan fingerprint density at radius 3 is 2.44 bits per heavy atom. The standard InChI is InChI=1S/C20H25FN2O2/c21-15-7-5-14(6-8-15)16-11-17(16)18(24)23-20(9-1-2-10-20)19(25)22-12-13-3-4-13/h5-8,13,16-17H,1-4,9-12H2,(H,22,25)(H,23,24). The fourth-order valence-electron chi connectivity index (χ4n) is 4.01. The summed E-state index contributed by atoms with van der Waals surface area (Å²) in [4.78, 5) is 25.4. The maximum atomic E-state index is 13.0. The molecular formula is C20H25FN2O2. The van der Waals surface area contributed by atoms with Gasteiger partial charge in [-0.25, -0.2) is 4.39 Å². The Morgan fingerprint density at radius 2 is 1.80 bits per heavy atom. The fourth-order valence-corrected chi connectivity index (χ4v) is 4.01. The summed E-state index contributed by atoms with van der Waals surface area (Å²) in [5.41, 5.74) is 0.280. The summed E-state index contributed by atoms with van der Waals surface area (Å²) in [6.07, 6.45) is 6.57. The second-order valence-electron chi connectivity index (χ2n) is 7.93. The monoisotopic (exact) mass is 344 g/mol. The van der Waals surface area contributed by atoms with E-state index < -0.39 is 5.54 Å². The predicted octanol–water partition coefficient (Wildman–Crippen LogP) is 2.88. The number of rotatable bonds is 6. The van der Waals surface area contributed by atoms with Gasteiger partial charge in [-0.1, -0.05) is 25.0 Å². The molecule has 0 radical (unpaired) electrons. The number of amides is 2. The molecule has 3 aliphatic rings. The van der Waals surface area contributed by atoms with Crippen molar-refractivity contribution >= 4 is 11.8 Å². The Kier molecular flexibility index (Phi) is 4.26. The van der Waals surface area contributed by atoms with E-state index in [-0.39, 0.29) is 29.5 Å². The second kappa shape index (κ2) is 6.43. The SMILES string of the molecule is O=C(NC1(C(=O)NCC2CC2)CCCC1)C1CC1c1ccc(F)cc1. The first-order chi connectivity index (χ1) is 12.1. The van der Waals surface area contributed by atoms with Crippen LogP contribution in [0.3, 0.4) is 0 Å². The van der Waals surface area contributed by atoms with Gasteiger partial charge in [-0.3, -0.25) is 9.59 Å². The third kappa shape index (κ3) is 3.55. The van der Waals surface area contributed by atoms with Crippen LogP contribution < -0.4 is 10.6 Å². The van der Waals surface area contributed by atoms with Crippen LogP contribution in [0.1, 0.15) is 56.4 Å². The van der Waals surface area contributed by atoms with Gasteiger partial charge in [-0.05, 0) is 61.6 Å². The molecule has 0 heterocycles. The first-order valence-corrected chi connectivity index (χ1v) is 9.43. The van der Waals surface area contributed by atoms with Gasteiger partial charge in [0.1, 0.15) is 11.4 Å². The summed E-state index contributed by atoms with van der Waals surface area (Å²) < 4.78 is 13.0. The maximum absolute atomic E-state index is 13.0. The van der Waals surface area contributed by atoms with Gasteiger partial charge in [-0.15, -0.1) is 0 Å². The molecule has 3 saturated carbocycles. The summed E-state index contributed by atoms with van der Waals surface area (Å²) in [6, 6.07) is 6.38. The van der Waals surface area contributed by atoms with Gasteiger partial charge in [0.15, 0.2) is 0 Å². The zero-order chi connectivity index (χ0) is 17.4. The van der Waals surface area contributed by atoms with Crippen LogP contribution in [0.2, 0.25) is 0 Å². The summed E-state index contributed by atoms with van der Waals surface area (Å²) >= 11 is 0. The Hall–Kier alpha value is -1.91. The third-order valence-corrected chi connectivity index (χ3v) is 5.93. The minimum absolute atomic E-state index is 0.00997. The van der Waals surface area contributed by atoms with Gasteiger partial charge in [0.05, 0.1) is 0 Å². The van der Waals surface area contributed by atoms with Crippen LogP contribution in [0.5, 0.6) is 0 Å². The molecule has 134 valence electrons. The number of nitrogens with one attached hydrogen (secondary N) is 2. The molecule has 0 spiro atoms. The van der Waals surface area contributed by atoms with E-state index in [0.717, 1.165) is 44.2 Å². The lowest BCUT2D eigenvalue weighted by Crippen LogP contribution is -2.57. The summed E-state index contributed by atoms with van der Waals surface area (Å²) in [5, 5.41) is 6.13. The Bertz CT molecular complexity index is 663. The lowest BCUT2D eigenvalue weighted by Gasteiger charge is -2.29. The molecule has 0 bridgehead atoms. The minimum atomic E-state index is -0.720. The Balaban J connectivity index is 1.38. The maximum Gasteiger partial charge on any atom is 0.245 e. The highest BCUT2D eigenvalue weighted by Gasteiger charge is 2.49. The van der Waals surface area contributed by atoms with Crippen molar-refractivity contribution in [3.8, 4) is 0 Å². The van der Waals surface area contributed by atoms with E-state index in [4.69, 9.17) is 0 Å². The van der Waals surface area contributed by atoms with Crippen LogP contribution in [0.15, 0.2) is 24.3 Å². The highest BCUT2D eigenvalue weighted by atomic mass is 19.1. The predicted molar refractivity (Wildman–Crippen MR) is 92.3 cm³/mol. The summed E-state index contributed by atoms with van der Waals surface area (Å²) in [5.74, 6) is 0.377. The number of hydrogen-bond acceptors (Lipinski definition) is 2. The number of carbonyl (C=O) groups excluding carboxylic acids is 2. The van der Waals surface area contributed by atoms with Crippen molar-refractivity contribution in [2.45, 2.75) is 56.4 Å². The molecule has 1 aromatic rings. The van der Waals surface area contributed by atoms with Crippen molar-refractivity contribution < 1.29 is 14.0 Å². The van der Waals surface area contributed by atoms with E-state index in [1.54, 1.807) is 12.1 Å². The van der Waals surface area contributed by atoms with Crippen molar-refractivity contribution in [1.82, 2.24) is 10.6 Å². The van der Waals surface area contributed by atoms with Crippen LogP contribution in [0, 0.1) is 17.7 Å².